The Morgan fingerprint density at radius 2 is 2.07 bits per heavy atom. The third-order valence-corrected chi connectivity index (χ3v) is 4.22. The minimum Gasteiger partial charge on any atom is -0.378 e. The van der Waals surface area contributed by atoms with Crippen molar-refractivity contribution in [2.75, 3.05) is 32.1 Å². The van der Waals surface area contributed by atoms with Crippen molar-refractivity contribution in [2.24, 2.45) is 0 Å². The summed E-state index contributed by atoms with van der Waals surface area (Å²) in [6.07, 6.45) is 3.82. The SMILES string of the molecule is N=C(C1CCCCS1)N1CCOCC1. The summed E-state index contributed by atoms with van der Waals surface area (Å²) in [5, 5.41) is 8.59. The summed E-state index contributed by atoms with van der Waals surface area (Å²) in [4.78, 5) is 2.19. The Labute approximate surface area is 89.7 Å². The molecule has 0 aromatic rings. The fraction of sp³-hybridized carbons (Fsp3) is 0.900. The van der Waals surface area contributed by atoms with Crippen molar-refractivity contribution in [3.63, 3.8) is 0 Å². The topological polar surface area (TPSA) is 36.3 Å². The maximum Gasteiger partial charge on any atom is 0.109 e. The molecule has 0 amide bonds. The van der Waals surface area contributed by atoms with Crippen LogP contribution in [0.3, 0.4) is 0 Å². The van der Waals surface area contributed by atoms with Crippen LogP contribution < -0.4 is 0 Å². The van der Waals surface area contributed by atoms with E-state index in [-0.39, 0.29) is 0 Å². The molecule has 0 aromatic carbocycles. The van der Waals surface area contributed by atoms with E-state index in [9.17, 15) is 0 Å². The summed E-state index contributed by atoms with van der Waals surface area (Å²) >= 11 is 1.96. The monoisotopic (exact) mass is 214 g/mol. The lowest BCUT2D eigenvalue weighted by atomic mass is 10.1. The van der Waals surface area contributed by atoms with Gasteiger partial charge in [0.15, 0.2) is 0 Å². The van der Waals surface area contributed by atoms with Crippen LogP contribution in [0.4, 0.5) is 0 Å². The summed E-state index contributed by atoms with van der Waals surface area (Å²) < 4.78 is 5.29. The molecule has 0 aliphatic carbocycles. The zero-order valence-corrected chi connectivity index (χ0v) is 9.31. The molecular weight excluding hydrogens is 196 g/mol. The van der Waals surface area contributed by atoms with Gasteiger partial charge in [0.25, 0.3) is 0 Å². The lowest BCUT2D eigenvalue weighted by Crippen LogP contribution is -2.44. The number of hydrogen-bond donors (Lipinski definition) is 1. The number of thioether (sulfide) groups is 1. The van der Waals surface area contributed by atoms with Gasteiger partial charge >= 0.3 is 0 Å². The van der Waals surface area contributed by atoms with Crippen molar-refractivity contribution in [1.29, 1.82) is 5.41 Å². The van der Waals surface area contributed by atoms with Gasteiger partial charge in [-0.15, -0.1) is 0 Å². The van der Waals surface area contributed by atoms with Crippen LogP contribution in [0.15, 0.2) is 0 Å². The van der Waals surface area contributed by atoms with Crippen molar-refractivity contribution in [2.45, 2.75) is 24.5 Å². The zero-order valence-electron chi connectivity index (χ0n) is 8.50. The summed E-state index contributed by atoms with van der Waals surface area (Å²) in [6.45, 7) is 3.41. The van der Waals surface area contributed by atoms with E-state index in [0.717, 1.165) is 32.1 Å². The Bertz CT molecular complexity index is 178. The van der Waals surface area contributed by atoms with Crippen LogP contribution in [0.5, 0.6) is 0 Å². The van der Waals surface area contributed by atoms with Gasteiger partial charge in [0.1, 0.15) is 5.84 Å². The predicted octanol–water partition coefficient (Wildman–Crippen LogP) is 1.58. The highest BCUT2D eigenvalue weighted by atomic mass is 32.2. The minimum atomic E-state index is 0.460. The molecule has 0 saturated carbocycles. The Kier molecular flexibility index (Phi) is 3.70. The fourth-order valence-electron chi connectivity index (χ4n) is 1.96. The molecule has 2 aliphatic rings. The molecule has 2 rings (SSSR count). The van der Waals surface area contributed by atoms with Gasteiger partial charge in [-0.2, -0.15) is 11.8 Å². The lowest BCUT2D eigenvalue weighted by molar-refractivity contribution is 0.0669. The molecule has 1 atom stereocenters. The van der Waals surface area contributed by atoms with Gasteiger partial charge in [0.2, 0.25) is 0 Å². The average molecular weight is 214 g/mol. The highest BCUT2D eigenvalue weighted by molar-refractivity contribution is 8.00. The lowest BCUT2D eigenvalue weighted by Gasteiger charge is -2.33. The number of ether oxygens (including phenoxy) is 1. The quantitative estimate of drug-likeness (QED) is 0.532. The number of hydrogen-bond acceptors (Lipinski definition) is 3. The van der Waals surface area contributed by atoms with E-state index in [0.29, 0.717) is 5.25 Å². The first-order chi connectivity index (χ1) is 6.88. The molecule has 0 radical (unpaired) electrons. The highest BCUT2D eigenvalue weighted by Crippen LogP contribution is 2.26. The molecule has 1 unspecified atom stereocenters. The second-order valence-electron chi connectivity index (χ2n) is 3.84. The molecule has 0 spiro atoms. The molecule has 2 heterocycles. The van der Waals surface area contributed by atoms with Crippen LogP contribution >= 0.6 is 11.8 Å². The summed E-state index contributed by atoms with van der Waals surface area (Å²) in [7, 11) is 0. The van der Waals surface area contributed by atoms with Crippen LogP contribution in [0.1, 0.15) is 19.3 Å². The normalized spacial score (nSPS) is 28.9. The van der Waals surface area contributed by atoms with Crippen LogP contribution in [0, 0.1) is 5.41 Å². The zero-order chi connectivity index (χ0) is 9.80. The third kappa shape index (κ3) is 2.42. The van der Waals surface area contributed by atoms with Gasteiger partial charge < -0.3 is 9.64 Å². The Hall–Kier alpha value is -0.220. The molecule has 80 valence electrons. The number of amidine groups is 1. The van der Waals surface area contributed by atoms with Crippen LogP contribution in [0.2, 0.25) is 0 Å². The number of rotatable bonds is 1. The van der Waals surface area contributed by atoms with Crippen LogP contribution in [0.25, 0.3) is 0 Å². The predicted molar refractivity (Wildman–Crippen MR) is 60.2 cm³/mol. The first-order valence-corrected chi connectivity index (χ1v) is 6.45. The van der Waals surface area contributed by atoms with E-state index in [4.69, 9.17) is 10.1 Å². The van der Waals surface area contributed by atoms with E-state index in [2.05, 4.69) is 4.90 Å². The minimum absolute atomic E-state index is 0.460. The molecule has 2 fully saturated rings. The average Bonchev–Trinajstić information content (AvgIpc) is 2.30. The van der Waals surface area contributed by atoms with Crippen LogP contribution in [-0.4, -0.2) is 48.0 Å². The van der Waals surface area contributed by atoms with Gasteiger partial charge in [-0.1, -0.05) is 6.42 Å². The highest BCUT2D eigenvalue weighted by Gasteiger charge is 2.24. The van der Waals surface area contributed by atoms with E-state index >= 15 is 0 Å². The van der Waals surface area contributed by atoms with Gasteiger partial charge in [-0.3, -0.25) is 5.41 Å². The van der Waals surface area contributed by atoms with Crippen LogP contribution in [-0.2, 0) is 4.74 Å². The van der Waals surface area contributed by atoms with E-state index in [1.165, 1.54) is 25.0 Å². The third-order valence-electron chi connectivity index (χ3n) is 2.84. The number of nitrogens with one attached hydrogen (secondary N) is 1. The summed E-state index contributed by atoms with van der Waals surface area (Å²) in [5.74, 6) is 2.08. The second-order valence-corrected chi connectivity index (χ2v) is 5.15. The van der Waals surface area contributed by atoms with Gasteiger partial charge in [-0.05, 0) is 18.6 Å². The molecule has 2 aliphatic heterocycles. The Morgan fingerprint density at radius 3 is 2.71 bits per heavy atom. The smallest absolute Gasteiger partial charge is 0.109 e. The maximum atomic E-state index is 8.13. The molecule has 1 N–H and O–H groups in total. The largest absolute Gasteiger partial charge is 0.378 e. The Balaban J connectivity index is 1.85. The molecule has 2 saturated heterocycles. The number of nitrogens with zero attached hydrogens (tertiary/aromatic N) is 1. The first kappa shape index (κ1) is 10.3. The Morgan fingerprint density at radius 1 is 1.29 bits per heavy atom. The van der Waals surface area contributed by atoms with E-state index in [1.807, 2.05) is 11.8 Å². The van der Waals surface area contributed by atoms with Crippen molar-refractivity contribution < 1.29 is 4.74 Å². The first-order valence-electron chi connectivity index (χ1n) is 5.40. The van der Waals surface area contributed by atoms with Gasteiger partial charge in [0, 0.05) is 13.1 Å². The van der Waals surface area contributed by atoms with Gasteiger partial charge in [0.05, 0.1) is 18.5 Å². The molecule has 4 heteroatoms. The number of morpholine rings is 1. The molecule has 14 heavy (non-hydrogen) atoms. The fourth-order valence-corrected chi connectivity index (χ4v) is 3.26. The second kappa shape index (κ2) is 5.03. The van der Waals surface area contributed by atoms with E-state index in [1.54, 1.807) is 0 Å². The molecule has 0 aromatic heterocycles. The molecule has 3 nitrogen and oxygen atoms in total. The molecule has 0 bridgehead atoms. The van der Waals surface area contributed by atoms with E-state index < -0.39 is 0 Å². The standard InChI is InChI=1S/C10H18N2OS/c11-10(9-3-1-2-8-14-9)12-4-6-13-7-5-12/h9,11H,1-8H2. The van der Waals surface area contributed by atoms with Crippen molar-refractivity contribution in [1.82, 2.24) is 4.90 Å². The summed E-state index contributed by atoms with van der Waals surface area (Å²) in [5.41, 5.74) is 0. The van der Waals surface area contributed by atoms with Crippen molar-refractivity contribution >= 4 is 17.6 Å². The summed E-state index contributed by atoms with van der Waals surface area (Å²) in [6, 6.07) is 0. The van der Waals surface area contributed by atoms with Gasteiger partial charge in [-0.25, -0.2) is 0 Å². The van der Waals surface area contributed by atoms with Crippen molar-refractivity contribution in [3.05, 3.63) is 0 Å². The maximum absolute atomic E-state index is 8.13. The van der Waals surface area contributed by atoms with Crippen molar-refractivity contribution in [3.8, 4) is 0 Å². The molecular formula is C10H18N2OS.